The normalized spacial score (nSPS) is 17.7. The van der Waals surface area contributed by atoms with Crippen molar-refractivity contribution < 1.29 is 22.4 Å². The van der Waals surface area contributed by atoms with Crippen LogP contribution in [0.4, 0.5) is 4.39 Å². The monoisotopic (exact) mass is 388 g/mol. The van der Waals surface area contributed by atoms with Gasteiger partial charge < -0.3 is 4.90 Å². The van der Waals surface area contributed by atoms with Crippen LogP contribution >= 0.6 is 0 Å². The van der Waals surface area contributed by atoms with Gasteiger partial charge in [-0.25, -0.2) is 17.1 Å². The van der Waals surface area contributed by atoms with Gasteiger partial charge >= 0.3 is 0 Å². The SMILES string of the molecule is CN(Cc1ccc(F)cc1)C(=O)c1ccc2c(c1)S(=O)(=O)N(C1CC1)C2=O. The minimum absolute atomic E-state index is 0.111. The smallest absolute Gasteiger partial charge is 0.269 e. The summed E-state index contributed by atoms with van der Waals surface area (Å²) in [6.07, 6.45) is 1.34. The number of nitrogens with zero attached hydrogens (tertiary/aromatic N) is 2. The van der Waals surface area contributed by atoms with Crippen LogP contribution in [0, 0.1) is 5.82 Å². The molecule has 27 heavy (non-hydrogen) atoms. The van der Waals surface area contributed by atoms with Gasteiger partial charge in [0.1, 0.15) is 10.7 Å². The molecule has 1 saturated carbocycles. The van der Waals surface area contributed by atoms with Crippen LogP contribution in [0.5, 0.6) is 0 Å². The van der Waals surface area contributed by atoms with Gasteiger partial charge in [-0.2, -0.15) is 0 Å². The van der Waals surface area contributed by atoms with Crippen molar-refractivity contribution >= 4 is 21.8 Å². The molecule has 0 unspecified atom stereocenters. The molecule has 0 bridgehead atoms. The van der Waals surface area contributed by atoms with E-state index in [4.69, 9.17) is 0 Å². The topological polar surface area (TPSA) is 74.8 Å². The number of hydrogen-bond donors (Lipinski definition) is 0. The van der Waals surface area contributed by atoms with Gasteiger partial charge in [-0.15, -0.1) is 0 Å². The third-order valence-electron chi connectivity index (χ3n) is 4.75. The zero-order valence-corrected chi connectivity index (χ0v) is 15.4. The second-order valence-electron chi connectivity index (χ2n) is 6.84. The lowest BCUT2D eigenvalue weighted by atomic mass is 10.1. The number of fused-ring (bicyclic) bond motifs is 1. The van der Waals surface area contributed by atoms with E-state index in [0.717, 1.165) is 9.87 Å². The van der Waals surface area contributed by atoms with E-state index in [1.54, 1.807) is 19.2 Å². The molecule has 2 aromatic carbocycles. The molecule has 1 fully saturated rings. The van der Waals surface area contributed by atoms with Crippen LogP contribution in [-0.2, 0) is 16.6 Å². The maximum absolute atomic E-state index is 13.0. The third-order valence-corrected chi connectivity index (χ3v) is 6.63. The van der Waals surface area contributed by atoms with E-state index < -0.39 is 15.9 Å². The predicted octanol–water partition coefficient (Wildman–Crippen LogP) is 2.40. The van der Waals surface area contributed by atoms with Crippen LogP contribution in [0.25, 0.3) is 0 Å². The number of sulfonamides is 1. The van der Waals surface area contributed by atoms with E-state index in [1.165, 1.54) is 35.2 Å². The summed E-state index contributed by atoms with van der Waals surface area (Å²) in [6.45, 7) is 0.246. The number of halogens is 1. The molecule has 2 aromatic rings. The van der Waals surface area contributed by atoms with Crippen LogP contribution in [0.1, 0.15) is 39.1 Å². The van der Waals surface area contributed by atoms with Gasteiger partial charge in [0.15, 0.2) is 0 Å². The molecule has 1 aliphatic heterocycles. The number of carbonyl (C=O) groups excluding carboxylic acids is 2. The Morgan fingerprint density at radius 1 is 1.19 bits per heavy atom. The van der Waals surface area contributed by atoms with E-state index in [9.17, 15) is 22.4 Å². The van der Waals surface area contributed by atoms with Crippen molar-refractivity contribution in [2.24, 2.45) is 0 Å². The Kier molecular flexibility index (Phi) is 4.03. The maximum Gasteiger partial charge on any atom is 0.269 e. The summed E-state index contributed by atoms with van der Waals surface area (Å²) in [4.78, 5) is 26.4. The first kappa shape index (κ1) is 17.7. The molecule has 0 radical (unpaired) electrons. The molecule has 0 saturated heterocycles. The summed E-state index contributed by atoms with van der Waals surface area (Å²) < 4.78 is 39.3. The number of benzene rings is 2. The van der Waals surface area contributed by atoms with Crippen molar-refractivity contribution in [3.63, 3.8) is 0 Å². The largest absolute Gasteiger partial charge is 0.337 e. The Balaban J connectivity index is 1.60. The quantitative estimate of drug-likeness (QED) is 0.806. The molecule has 2 aliphatic rings. The lowest BCUT2D eigenvalue weighted by Crippen LogP contribution is -2.32. The predicted molar refractivity (Wildman–Crippen MR) is 95.0 cm³/mol. The van der Waals surface area contributed by atoms with E-state index >= 15 is 0 Å². The van der Waals surface area contributed by atoms with Crippen molar-refractivity contribution in [1.82, 2.24) is 9.21 Å². The van der Waals surface area contributed by atoms with E-state index in [-0.39, 0.29) is 40.3 Å². The van der Waals surface area contributed by atoms with Crippen LogP contribution in [-0.4, -0.2) is 42.5 Å². The fourth-order valence-corrected chi connectivity index (χ4v) is 5.05. The van der Waals surface area contributed by atoms with Crippen molar-refractivity contribution in [3.05, 3.63) is 65.0 Å². The average Bonchev–Trinajstić information content (AvgIpc) is 3.44. The van der Waals surface area contributed by atoms with Gasteiger partial charge in [-0.3, -0.25) is 9.59 Å². The second kappa shape index (κ2) is 6.16. The molecular formula is C19H17FN2O4S. The Morgan fingerprint density at radius 2 is 1.85 bits per heavy atom. The first-order valence-corrected chi connectivity index (χ1v) is 9.96. The average molecular weight is 388 g/mol. The van der Waals surface area contributed by atoms with Gasteiger partial charge in [0.2, 0.25) is 0 Å². The summed E-state index contributed by atoms with van der Waals surface area (Å²) in [5.74, 6) is -1.26. The van der Waals surface area contributed by atoms with Gasteiger partial charge in [0.05, 0.1) is 5.56 Å². The molecule has 140 valence electrons. The number of carbonyl (C=O) groups is 2. The van der Waals surface area contributed by atoms with Crippen LogP contribution in [0.15, 0.2) is 47.4 Å². The molecule has 0 spiro atoms. The van der Waals surface area contributed by atoms with Gasteiger partial charge in [0, 0.05) is 25.2 Å². The van der Waals surface area contributed by atoms with Gasteiger partial charge in [0.25, 0.3) is 21.8 Å². The molecule has 0 aromatic heterocycles. The zero-order chi connectivity index (χ0) is 19.3. The number of hydrogen-bond acceptors (Lipinski definition) is 4. The summed E-state index contributed by atoms with van der Waals surface area (Å²) in [6, 6.07) is 9.66. The first-order chi connectivity index (χ1) is 12.8. The standard InChI is InChI=1S/C19H17FN2O4S/c1-21(11-12-2-5-14(20)6-3-12)18(23)13-4-9-16-17(10-13)27(25,26)22(19(16)24)15-7-8-15/h2-6,9-10,15H,7-8,11H2,1H3. The van der Waals surface area contributed by atoms with Crippen molar-refractivity contribution in [2.45, 2.75) is 30.3 Å². The molecule has 0 N–H and O–H groups in total. The van der Waals surface area contributed by atoms with Crippen LogP contribution in [0.3, 0.4) is 0 Å². The van der Waals surface area contributed by atoms with Crippen LogP contribution < -0.4 is 0 Å². The van der Waals surface area contributed by atoms with Gasteiger partial charge in [-0.1, -0.05) is 12.1 Å². The summed E-state index contributed by atoms with van der Waals surface area (Å²) in [5.41, 5.74) is 1.04. The van der Waals surface area contributed by atoms with E-state index in [1.807, 2.05) is 0 Å². The lowest BCUT2D eigenvalue weighted by molar-refractivity contribution is 0.0783. The van der Waals surface area contributed by atoms with Crippen molar-refractivity contribution in [2.75, 3.05) is 7.05 Å². The fraction of sp³-hybridized carbons (Fsp3) is 0.263. The molecule has 8 heteroatoms. The highest BCUT2D eigenvalue weighted by atomic mass is 32.2. The molecule has 1 heterocycles. The molecule has 0 atom stereocenters. The summed E-state index contributed by atoms with van der Waals surface area (Å²) in [7, 11) is -2.33. The summed E-state index contributed by atoms with van der Waals surface area (Å²) >= 11 is 0. The minimum Gasteiger partial charge on any atom is -0.337 e. The zero-order valence-electron chi connectivity index (χ0n) is 14.6. The van der Waals surface area contributed by atoms with E-state index in [2.05, 4.69) is 0 Å². The highest BCUT2D eigenvalue weighted by Gasteiger charge is 2.48. The lowest BCUT2D eigenvalue weighted by Gasteiger charge is -2.17. The fourth-order valence-electron chi connectivity index (χ4n) is 3.21. The number of rotatable bonds is 4. The molecule has 1 aliphatic carbocycles. The molecule has 4 rings (SSSR count). The highest BCUT2D eigenvalue weighted by molar-refractivity contribution is 7.90. The summed E-state index contributed by atoms with van der Waals surface area (Å²) in [5, 5.41) is 0. The Hall–Kier alpha value is -2.74. The molecule has 6 nitrogen and oxygen atoms in total. The minimum atomic E-state index is -3.91. The Labute approximate surface area is 156 Å². The van der Waals surface area contributed by atoms with Crippen molar-refractivity contribution in [1.29, 1.82) is 0 Å². The maximum atomic E-state index is 13.0. The van der Waals surface area contributed by atoms with Crippen LogP contribution in [0.2, 0.25) is 0 Å². The first-order valence-electron chi connectivity index (χ1n) is 8.52. The van der Waals surface area contributed by atoms with Crippen molar-refractivity contribution in [3.8, 4) is 0 Å². The second-order valence-corrected chi connectivity index (χ2v) is 8.62. The van der Waals surface area contributed by atoms with Gasteiger partial charge in [-0.05, 0) is 48.7 Å². The Morgan fingerprint density at radius 3 is 2.48 bits per heavy atom. The number of amides is 2. The Bertz CT molecular complexity index is 1050. The third kappa shape index (κ3) is 2.99. The highest BCUT2D eigenvalue weighted by Crippen LogP contribution is 2.39. The molecular weight excluding hydrogens is 371 g/mol. The molecule has 2 amide bonds. The van der Waals surface area contributed by atoms with E-state index in [0.29, 0.717) is 12.8 Å².